The van der Waals surface area contributed by atoms with E-state index in [2.05, 4.69) is 20.2 Å². The van der Waals surface area contributed by atoms with E-state index in [0.717, 1.165) is 19.4 Å². The van der Waals surface area contributed by atoms with Crippen LogP contribution in [0.4, 0.5) is 0 Å². The maximum atomic E-state index is 13.0. The molecule has 5 heterocycles. The summed E-state index contributed by atoms with van der Waals surface area (Å²) in [5.74, 6) is 0.971. The molecule has 0 radical (unpaired) electrons. The maximum absolute atomic E-state index is 13.0. The highest BCUT2D eigenvalue weighted by atomic mass is 16.5. The van der Waals surface area contributed by atoms with Crippen LogP contribution in [0.2, 0.25) is 0 Å². The molecule has 0 aromatic carbocycles. The standard InChI is InChI=1S/C20H20N6O3/c1-2-17-22-20(24-23-17)26-8-6-16-14(19(26)28)10-13-15(21-16)5-7-25(18(13)27)11-12-4-3-9-29-12/h5-8,10,12H,2-4,9,11H2,1H3,(H,22,23,24)/t12-/m1/s1. The summed E-state index contributed by atoms with van der Waals surface area (Å²) < 4.78 is 8.64. The van der Waals surface area contributed by atoms with Gasteiger partial charge in [-0.3, -0.25) is 14.7 Å². The number of rotatable bonds is 4. The Hall–Kier alpha value is -3.33. The molecule has 1 N–H and O–H groups in total. The van der Waals surface area contributed by atoms with Crippen LogP contribution in [0, 0.1) is 0 Å². The molecule has 0 bridgehead atoms. The number of nitrogens with one attached hydrogen (secondary N) is 1. The van der Waals surface area contributed by atoms with Gasteiger partial charge in [0.2, 0.25) is 0 Å². The van der Waals surface area contributed by atoms with Crippen LogP contribution in [-0.4, -0.2) is 42.0 Å². The van der Waals surface area contributed by atoms with Gasteiger partial charge in [-0.2, -0.15) is 4.98 Å². The van der Waals surface area contributed by atoms with E-state index in [9.17, 15) is 9.59 Å². The fourth-order valence-electron chi connectivity index (χ4n) is 3.72. The van der Waals surface area contributed by atoms with Crippen LogP contribution in [0.5, 0.6) is 0 Å². The maximum Gasteiger partial charge on any atom is 0.267 e. The SMILES string of the molecule is CCc1nc(-n2ccc3nc4ccn(C[C@H]5CCCO5)c(=O)c4cc3c2=O)n[nH]1. The number of aromatic amines is 1. The van der Waals surface area contributed by atoms with Crippen LogP contribution in [0.15, 0.2) is 40.2 Å². The van der Waals surface area contributed by atoms with Gasteiger partial charge in [0.25, 0.3) is 17.1 Å². The first-order valence-corrected chi connectivity index (χ1v) is 9.73. The topological polar surface area (TPSA) is 108 Å². The molecule has 1 atom stereocenters. The Morgan fingerprint density at radius 3 is 2.66 bits per heavy atom. The van der Waals surface area contributed by atoms with Crippen LogP contribution in [0.1, 0.15) is 25.6 Å². The Kier molecular flexibility index (Phi) is 4.24. The monoisotopic (exact) mass is 392 g/mol. The summed E-state index contributed by atoms with van der Waals surface area (Å²) >= 11 is 0. The van der Waals surface area contributed by atoms with Gasteiger partial charge in [-0.25, -0.2) is 9.55 Å². The molecule has 9 heteroatoms. The van der Waals surface area contributed by atoms with Crippen molar-refractivity contribution in [1.29, 1.82) is 0 Å². The molecule has 148 valence electrons. The average Bonchev–Trinajstić information content (AvgIpc) is 3.42. The zero-order chi connectivity index (χ0) is 20.0. The van der Waals surface area contributed by atoms with Gasteiger partial charge in [0.05, 0.1) is 34.5 Å². The van der Waals surface area contributed by atoms with E-state index >= 15 is 0 Å². The van der Waals surface area contributed by atoms with E-state index in [0.29, 0.717) is 40.6 Å². The molecule has 5 rings (SSSR count). The van der Waals surface area contributed by atoms with Crippen molar-refractivity contribution in [2.45, 2.75) is 38.8 Å². The summed E-state index contributed by atoms with van der Waals surface area (Å²) in [4.78, 5) is 34.9. The van der Waals surface area contributed by atoms with E-state index < -0.39 is 0 Å². The Morgan fingerprint density at radius 1 is 1.14 bits per heavy atom. The van der Waals surface area contributed by atoms with Gasteiger partial charge in [0, 0.05) is 25.4 Å². The number of pyridine rings is 3. The minimum absolute atomic E-state index is 0.0503. The molecule has 4 aromatic heterocycles. The zero-order valence-electron chi connectivity index (χ0n) is 16.0. The number of hydrogen-bond donors (Lipinski definition) is 1. The molecule has 4 aromatic rings. The van der Waals surface area contributed by atoms with Gasteiger partial charge in [-0.05, 0) is 31.0 Å². The predicted octanol–water partition coefficient (Wildman–Crippen LogP) is 1.56. The highest BCUT2D eigenvalue weighted by molar-refractivity contribution is 5.91. The van der Waals surface area contributed by atoms with Crippen molar-refractivity contribution in [1.82, 2.24) is 29.3 Å². The summed E-state index contributed by atoms with van der Waals surface area (Å²) in [5.41, 5.74) is 0.608. The van der Waals surface area contributed by atoms with Crippen molar-refractivity contribution < 1.29 is 4.74 Å². The third-order valence-electron chi connectivity index (χ3n) is 5.31. The first-order chi connectivity index (χ1) is 14.1. The molecule has 1 saturated heterocycles. The number of fused-ring (bicyclic) bond motifs is 2. The van der Waals surface area contributed by atoms with Crippen LogP contribution >= 0.6 is 0 Å². The molecule has 0 spiro atoms. The first-order valence-electron chi connectivity index (χ1n) is 9.73. The second-order valence-electron chi connectivity index (χ2n) is 7.19. The molecule has 0 amide bonds. The Labute approximate surface area is 165 Å². The molecular formula is C20H20N6O3. The summed E-state index contributed by atoms with van der Waals surface area (Å²) in [7, 11) is 0. The second kappa shape index (κ2) is 6.93. The van der Waals surface area contributed by atoms with Crippen LogP contribution < -0.4 is 11.1 Å². The highest BCUT2D eigenvalue weighted by Crippen LogP contribution is 2.17. The van der Waals surface area contributed by atoms with Crippen molar-refractivity contribution in [3.05, 3.63) is 57.1 Å². The van der Waals surface area contributed by atoms with Crippen LogP contribution in [0.25, 0.3) is 27.8 Å². The fraction of sp³-hybridized carbons (Fsp3) is 0.350. The van der Waals surface area contributed by atoms with Gasteiger partial charge in [-0.15, -0.1) is 5.10 Å². The van der Waals surface area contributed by atoms with Crippen molar-refractivity contribution >= 4 is 21.8 Å². The van der Waals surface area contributed by atoms with Crippen LogP contribution in [0.3, 0.4) is 0 Å². The van der Waals surface area contributed by atoms with E-state index in [1.54, 1.807) is 35.2 Å². The van der Waals surface area contributed by atoms with Gasteiger partial charge in [0.15, 0.2) is 0 Å². The molecule has 1 aliphatic rings. The fourth-order valence-corrected chi connectivity index (χ4v) is 3.72. The lowest BCUT2D eigenvalue weighted by molar-refractivity contribution is 0.0963. The second-order valence-corrected chi connectivity index (χ2v) is 7.19. The van der Waals surface area contributed by atoms with E-state index in [-0.39, 0.29) is 23.2 Å². The third-order valence-corrected chi connectivity index (χ3v) is 5.31. The quantitative estimate of drug-likeness (QED) is 0.528. The third kappa shape index (κ3) is 3.03. The molecular weight excluding hydrogens is 372 g/mol. The summed E-state index contributed by atoms with van der Waals surface area (Å²) in [5, 5.41) is 7.68. The molecule has 1 fully saturated rings. The Morgan fingerprint density at radius 2 is 1.93 bits per heavy atom. The largest absolute Gasteiger partial charge is 0.376 e. The van der Waals surface area contributed by atoms with Crippen molar-refractivity contribution in [3.63, 3.8) is 0 Å². The van der Waals surface area contributed by atoms with Gasteiger partial charge in [0.1, 0.15) is 5.82 Å². The summed E-state index contributed by atoms with van der Waals surface area (Å²) in [6.07, 6.45) is 6.04. The van der Waals surface area contributed by atoms with Crippen molar-refractivity contribution in [2.75, 3.05) is 6.61 Å². The molecule has 1 aliphatic heterocycles. The van der Waals surface area contributed by atoms with Crippen LogP contribution in [-0.2, 0) is 17.7 Å². The number of hydrogen-bond acceptors (Lipinski definition) is 6. The molecule has 0 saturated carbocycles. The number of nitrogens with zero attached hydrogens (tertiary/aromatic N) is 5. The molecule has 0 aliphatic carbocycles. The number of H-pyrrole nitrogens is 1. The summed E-state index contributed by atoms with van der Waals surface area (Å²) in [6.45, 7) is 3.19. The van der Waals surface area contributed by atoms with Crippen molar-refractivity contribution in [3.8, 4) is 5.95 Å². The zero-order valence-corrected chi connectivity index (χ0v) is 16.0. The average molecular weight is 392 g/mol. The number of aromatic nitrogens is 6. The summed E-state index contributed by atoms with van der Waals surface area (Å²) in [6, 6.07) is 5.16. The van der Waals surface area contributed by atoms with E-state index in [4.69, 9.17) is 4.74 Å². The van der Waals surface area contributed by atoms with Gasteiger partial charge < -0.3 is 9.30 Å². The highest BCUT2D eigenvalue weighted by Gasteiger charge is 2.18. The van der Waals surface area contributed by atoms with E-state index in [1.807, 2.05) is 6.92 Å². The predicted molar refractivity (Wildman–Crippen MR) is 107 cm³/mol. The lowest BCUT2D eigenvalue weighted by Gasteiger charge is -2.12. The number of ether oxygens (including phenoxy) is 1. The van der Waals surface area contributed by atoms with E-state index in [1.165, 1.54) is 4.57 Å². The Balaban J connectivity index is 1.65. The minimum atomic E-state index is -0.313. The molecule has 9 nitrogen and oxygen atoms in total. The molecule has 0 unspecified atom stereocenters. The smallest absolute Gasteiger partial charge is 0.267 e. The van der Waals surface area contributed by atoms with Crippen molar-refractivity contribution in [2.24, 2.45) is 0 Å². The number of aryl methyl sites for hydroxylation is 1. The first kappa shape index (κ1) is 17.7. The van der Waals surface area contributed by atoms with Gasteiger partial charge >= 0.3 is 0 Å². The molecule has 29 heavy (non-hydrogen) atoms. The lowest BCUT2D eigenvalue weighted by Crippen LogP contribution is -2.26. The van der Waals surface area contributed by atoms with Gasteiger partial charge in [-0.1, -0.05) is 6.92 Å². The minimum Gasteiger partial charge on any atom is -0.376 e. The lowest BCUT2D eigenvalue weighted by atomic mass is 10.2. The normalized spacial score (nSPS) is 16.8. The Bertz CT molecular complexity index is 1330.